The molecule has 0 radical (unpaired) electrons. The molecular weight excluding hydrogens is 298 g/mol. The number of likely N-dealkylation sites (tertiary alicyclic amines) is 1. The van der Waals surface area contributed by atoms with Gasteiger partial charge in [0.05, 0.1) is 12.0 Å². The van der Waals surface area contributed by atoms with Gasteiger partial charge in [0.15, 0.2) is 5.78 Å². The zero-order valence-electron chi connectivity index (χ0n) is 15.4. The van der Waals surface area contributed by atoms with Crippen molar-refractivity contribution < 1.29 is 9.59 Å². The Kier molecular flexibility index (Phi) is 5.46. The lowest BCUT2D eigenvalue weighted by Crippen LogP contribution is -2.49. The van der Waals surface area contributed by atoms with Gasteiger partial charge in [-0.25, -0.2) is 0 Å². The van der Waals surface area contributed by atoms with E-state index >= 15 is 0 Å². The second-order valence-corrected chi connectivity index (χ2v) is 8.44. The Labute approximate surface area is 146 Å². The molecule has 2 unspecified atom stereocenters. The van der Waals surface area contributed by atoms with Crippen molar-refractivity contribution in [3.05, 3.63) is 12.2 Å². The molecule has 0 spiro atoms. The Morgan fingerprint density at radius 1 is 0.958 bits per heavy atom. The van der Waals surface area contributed by atoms with Crippen LogP contribution in [0.1, 0.15) is 78.1 Å². The lowest BCUT2D eigenvalue weighted by molar-refractivity contribution is -0.143. The first kappa shape index (κ1) is 17.7. The number of ketones is 1. The van der Waals surface area contributed by atoms with Crippen LogP contribution in [-0.4, -0.2) is 28.7 Å². The molecule has 4 atom stereocenters. The van der Waals surface area contributed by atoms with E-state index in [9.17, 15) is 9.59 Å². The molecule has 2 aliphatic carbocycles. The van der Waals surface area contributed by atoms with Gasteiger partial charge in [0.1, 0.15) is 0 Å². The van der Waals surface area contributed by atoms with Gasteiger partial charge in [-0.05, 0) is 57.8 Å². The van der Waals surface area contributed by atoms with Gasteiger partial charge >= 0.3 is 0 Å². The van der Waals surface area contributed by atoms with Crippen molar-refractivity contribution in [2.75, 3.05) is 0 Å². The Morgan fingerprint density at radius 3 is 2.21 bits per heavy atom. The van der Waals surface area contributed by atoms with Crippen LogP contribution in [0, 0.1) is 17.8 Å². The molecule has 3 aliphatic rings. The van der Waals surface area contributed by atoms with Crippen LogP contribution in [0.3, 0.4) is 0 Å². The molecule has 3 heteroatoms. The first-order chi connectivity index (χ1) is 11.5. The average molecular weight is 332 g/mol. The maximum atomic E-state index is 13.6. The molecule has 3 nitrogen and oxygen atoms in total. The number of fused-ring (bicyclic) bond motifs is 1. The third-order valence-electron chi connectivity index (χ3n) is 6.73. The van der Waals surface area contributed by atoms with Gasteiger partial charge in [-0.1, -0.05) is 44.3 Å². The van der Waals surface area contributed by atoms with E-state index in [4.69, 9.17) is 0 Å². The third-order valence-corrected chi connectivity index (χ3v) is 6.73. The molecule has 0 aromatic rings. The van der Waals surface area contributed by atoms with E-state index in [1.54, 1.807) is 6.92 Å². The number of nitrogens with zero attached hydrogens (tertiary/aromatic N) is 1. The molecule has 0 aromatic carbocycles. The Morgan fingerprint density at radius 2 is 1.58 bits per heavy atom. The Bertz CT molecular complexity index is 506. The molecule has 24 heavy (non-hydrogen) atoms. The molecular formula is C21H33NO2. The summed E-state index contributed by atoms with van der Waals surface area (Å²) < 4.78 is 0. The van der Waals surface area contributed by atoms with Crippen molar-refractivity contribution >= 4 is 11.7 Å². The van der Waals surface area contributed by atoms with Crippen LogP contribution >= 0.6 is 0 Å². The second-order valence-electron chi connectivity index (χ2n) is 8.44. The van der Waals surface area contributed by atoms with Crippen molar-refractivity contribution in [3.63, 3.8) is 0 Å². The van der Waals surface area contributed by atoms with E-state index in [1.165, 1.54) is 38.5 Å². The van der Waals surface area contributed by atoms with Crippen LogP contribution in [0.5, 0.6) is 0 Å². The highest BCUT2D eigenvalue weighted by molar-refractivity contribution is 5.90. The van der Waals surface area contributed by atoms with E-state index in [1.807, 2.05) is 11.8 Å². The Balaban J connectivity index is 1.85. The molecule has 0 aromatic heterocycles. The summed E-state index contributed by atoms with van der Waals surface area (Å²) in [5.41, 5.74) is 0.994. The van der Waals surface area contributed by atoms with Gasteiger partial charge < -0.3 is 4.90 Å². The predicted molar refractivity (Wildman–Crippen MR) is 96.6 cm³/mol. The first-order valence-corrected chi connectivity index (χ1v) is 9.98. The number of amides is 1. The monoisotopic (exact) mass is 331 g/mol. The highest BCUT2D eigenvalue weighted by Gasteiger charge is 2.48. The van der Waals surface area contributed by atoms with E-state index in [-0.39, 0.29) is 23.7 Å². The largest absolute Gasteiger partial charge is 0.329 e. The summed E-state index contributed by atoms with van der Waals surface area (Å²) in [6, 6.07) is 0.113. The third kappa shape index (κ3) is 3.32. The van der Waals surface area contributed by atoms with Gasteiger partial charge in [-0.2, -0.15) is 0 Å². The topological polar surface area (TPSA) is 37.4 Å². The van der Waals surface area contributed by atoms with E-state index < -0.39 is 0 Å². The number of hydrogen-bond acceptors (Lipinski definition) is 2. The lowest BCUT2D eigenvalue weighted by atomic mass is 9.76. The average Bonchev–Trinajstić information content (AvgIpc) is 2.95. The summed E-state index contributed by atoms with van der Waals surface area (Å²) in [6.07, 6.45) is 11.6. The van der Waals surface area contributed by atoms with Gasteiger partial charge in [-0.15, -0.1) is 0 Å². The van der Waals surface area contributed by atoms with E-state index in [0.717, 1.165) is 31.3 Å². The van der Waals surface area contributed by atoms with Crippen molar-refractivity contribution in [2.24, 2.45) is 17.8 Å². The first-order valence-electron chi connectivity index (χ1n) is 9.98. The van der Waals surface area contributed by atoms with Crippen molar-refractivity contribution in [3.8, 4) is 0 Å². The molecule has 2 saturated carbocycles. The molecule has 3 fully saturated rings. The van der Waals surface area contributed by atoms with Gasteiger partial charge in [0, 0.05) is 6.04 Å². The van der Waals surface area contributed by atoms with Crippen molar-refractivity contribution in [2.45, 2.75) is 90.1 Å². The maximum absolute atomic E-state index is 13.6. The fraction of sp³-hybridized carbons (Fsp3) is 0.810. The van der Waals surface area contributed by atoms with Crippen LogP contribution in [0.2, 0.25) is 0 Å². The van der Waals surface area contributed by atoms with E-state index in [2.05, 4.69) is 6.58 Å². The second kappa shape index (κ2) is 7.41. The Hall–Kier alpha value is -1.12. The molecule has 3 rings (SSSR count). The fourth-order valence-corrected chi connectivity index (χ4v) is 5.58. The van der Waals surface area contributed by atoms with Gasteiger partial charge in [0.2, 0.25) is 5.91 Å². The normalized spacial score (nSPS) is 32.2. The number of carbonyl (C=O) groups is 2. The molecule has 0 bridgehead atoms. The van der Waals surface area contributed by atoms with Crippen molar-refractivity contribution in [1.29, 1.82) is 0 Å². The minimum atomic E-state index is -0.184. The zero-order valence-corrected chi connectivity index (χ0v) is 15.4. The molecule has 0 N–H and O–H groups in total. The number of rotatable bonds is 4. The number of carbonyl (C=O) groups excluding carboxylic acids is 2. The predicted octanol–water partition coefficient (Wildman–Crippen LogP) is 4.51. The SMILES string of the molecule is C=C(C)C(C(=O)N1C(C(C)=O)C[C@@H]2CCCC[C@@H]21)C1CCCCC1. The summed E-state index contributed by atoms with van der Waals surface area (Å²) in [7, 11) is 0. The fourth-order valence-electron chi connectivity index (χ4n) is 5.58. The van der Waals surface area contributed by atoms with Crippen LogP contribution in [0.25, 0.3) is 0 Å². The molecule has 1 heterocycles. The molecule has 1 saturated heterocycles. The summed E-state index contributed by atoms with van der Waals surface area (Å²) in [5, 5.41) is 0. The van der Waals surface area contributed by atoms with Crippen LogP contribution in [0.4, 0.5) is 0 Å². The molecule has 1 aliphatic heterocycles. The zero-order chi connectivity index (χ0) is 17.3. The molecule has 1 amide bonds. The number of hydrogen-bond donors (Lipinski definition) is 0. The quantitative estimate of drug-likeness (QED) is 0.711. The van der Waals surface area contributed by atoms with Crippen LogP contribution in [0.15, 0.2) is 12.2 Å². The lowest BCUT2D eigenvalue weighted by Gasteiger charge is -2.39. The van der Waals surface area contributed by atoms with Crippen LogP contribution < -0.4 is 0 Å². The summed E-state index contributed by atoms with van der Waals surface area (Å²) in [6.45, 7) is 7.84. The van der Waals surface area contributed by atoms with E-state index in [0.29, 0.717) is 17.9 Å². The minimum absolute atomic E-state index is 0.0761. The maximum Gasteiger partial charge on any atom is 0.230 e. The van der Waals surface area contributed by atoms with Gasteiger partial charge in [0.25, 0.3) is 0 Å². The standard InChI is InChI=1S/C21H33NO2/c1-14(2)20(16-9-5-4-6-10-16)21(24)22-18-12-8-7-11-17(18)13-19(22)15(3)23/h16-20H,1,4-13H2,2-3H3/t17-,18-,19?,20?/m0/s1. The molecule has 134 valence electrons. The van der Waals surface area contributed by atoms with Crippen molar-refractivity contribution in [1.82, 2.24) is 4.90 Å². The smallest absolute Gasteiger partial charge is 0.230 e. The highest BCUT2D eigenvalue weighted by atomic mass is 16.2. The summed E-state index contributed by atoms with van der Waals surface area (Å²) in [4.78, 5) is 27.9. The highest BCUT2D eigenvalue weighted by Crippen LogP contribution is 2.43. The van der Waals surface area contributed by atoms with Gasteiger partial charge in [-0.3, -0.25) is 9.59 Å². The van der Waals surface area contributed by atoms with Crippen LogP contribution in [-0.2, 0) is 9.59 Å². The number of Topliss-reactive ketones (excluding diaryl/α,β-unsaturated/α-hetero) is 1. The summed E-state index contributed by atoms with van der Waals surface area (Å²) >= 11 is 0. The summed E-state index contributed by atoms with van der Waals surface area (Å²) in [5.74, 6) is 1.27. The minimum Gasteiger partial charge on any atom is -0.329 e.